The Kier molecular flexibility index (Phi) is 4.34. The highest BCUT2D eigenvalue weighted by Crippen LogP contribution is 2.49. The summed E-state index contributed by atoms with van der Waals surface area (Å²) < 4.78 is 37.5. The van der Waals surface area contributed by atoms with Crippen LogP contribution in [0.25, 0.3) is 10.4 Å². The Morgan fingerprint density at radius 2 is 2.22 bits per heavy atom. The minimum absolute atomic E-state index is 0.0354. The Morgan fingerprint density at radius 1 is 1.44 bits per heavy atom. The third-order valence-corrected chi connectivity index (χ3v) is 8.77. The van der Waals surface area contributed by atoms with E-state index in [2.05, 4.69) is 9.98 Å². The maximum atomic E-state index is 12.9. The molecule has 27 heavy (non-hydrogen) atoms. The average molecular weight is 429 g/mol. The average Bonchev–Trinajstić information content (AvgIpc) is 3.25. The number of aliphatic imine (C=N–C) groups is 1. The van der Waals surface area contributed by atoms with E-state index in [4.69, 9.17) is 26.8 Å². The van der Waals surface area contributed by atoms with Gasteiger partial charge in [0, 0.05) is 23.7 Å². The summed E-state index contributed by atoms with van der Waals surface area (Å²) in [5.74, 6) is 0.536. The van der Waals surface area contributed by atoms with Gasteiger partial charge < -0.3 is 15.2 Å². The molecular formula is C16H17ClN4O4S2. The summed E-state index contributed by atoms with van der Waals surface area (Å²) in [6, 6.07) is 3.61. The third kappa shape index (κ3) is 2.70. The van der Waals surface area contributed by atoms with Crippen LogP contribution in [-0.4, -0.2) is 56.3 Å². The van der Waals surface area contributed by atoms with Gasteiger partial charge in [-0.15, -0.1) is 11.3 Å². The van der Waals surface area contributed by atoms with Crippen molar-refractivity contribution in [2.45, 2.75) is 10.8 Å². The number of ether oxygens (including phenoxy) is 2. The molecule has 0 aromatic carbocycles. The van der Waals surface area contributed by atoms with Crippen molar-refractivity contribution in [3.63, 3.8) is 0 Å². The van der Waals surface area contributed by atoms with Gasteiger partial charge in [0.05, 0.1) is 36.4 Å². The molecule has 2 aliphatic heterocycles. The zero-order valence-corrected chi connectivity index (χ0v) is 16.9. The highest BCUT2D eigenvalue weighted by Gasteiger charge is 2.58. The van der Waals surface area contributed by atoms with Gasteiger partial charge in [-0.3, -0.25) is 4.98 Å². The van der Waals surface area contributed by atoms with Gasteiger partial charge in [0.2, 0.25) is 16.0 Å². The molecule has 144 valence electrons. The topological polar surface area (TPSA) is 107 Å². The minimum atomic E-state index is -3.71. The van der Waals surface area contributed by atoms with E-state index >= 15 is 0 Å². The number of nitrogens with two attached hydrogens (primary N) is 1. The Labute approximate surface area is 165 Å². The first-order valence-electron chi connectivity index (χ1n) is 7.99. The number of thiophene rings is 1. The molecule has 2 atom stereocenters. The molecule has 0 aliphatic carbocycles. The summed E-state index contributed by atoms with van der Waals surface area (Å²) in [4.78, 5) is 10.1. The predicted octanol–water partition coefficient (Wildman–Crippen LogP) is 1.66. The zero-order chi connectivity index (χ0) is 19.4. The molecule has 0 spiro atoms. The van der Waals surface area contributed by atoms with E-state index in [-0.39, 0.29) is 19.2 Å². The Balaban J connectivity index is 1.87. The molecule has 1 fully saturated rings. The summed E-state index contributed by atoms with van der Waals surface area (Å²) >= 11 is 7.88. The van der Waals surface area contributed by atoms with Gasteiger partial charge in [0.25, 0.3) is 0 Å². The first-order chi connectivity index (χ1) is 12.8. The molecule has 0 bridgehead atoms. The van der Waals surface area contributed by atoms with E-state index in [0.29, 0.717) is 15.6 Å². The fourth-order valence-corrected chi connectivity index (χ4v) is 6.74. The van der Waals surface area contributed by atoms with Crippen LogP contribution in [-0.2, 0) is 20.3 Å². The fraction of sp³-hybridized carbons (Fsp3) is 0.375. The van der Waals surface area contributed by atoms with Gasteiger partial charge in [-0.05, 0) is 12.1 Å². The maximum Gasteiger partial charge on any atom is 0.245 e. The molecule has 11 heteroatoms. The van der Waals surface area contributed by atoms with Crippen molar-refractivity contribution in [3.8, 4) is 16.2 Å². The molecule has 0 radical (unpaired) electrons. The molecule has 8 nitrogen and oxygen atoms in total. The highest BCUT2D eigenvalue weighted by atomic mass is 35.5. The van der Waals surface area contributed by atoms with Crippen molar-refractivity contribution in [3.05, 3.63) is 34.4 Å². The Hall–Kier alpha value is -1.88. The number of nitrogens with zero attached hydrogens (tertiary/aromatic N) is 3. The van der Waals surface area contributed by atoms with E-state index in [1.807, 2.05) is 6.07 Å². The number of rotatable bonds is 3. The molecule has 0 saturated carbocycles. The van der Waals surface area contributed by atoms with Crippen LogP contribution in [0.1, 0.15) is 4.88 Å². The molecule has 1 unspecified atom stereocenters. The molecule has 2 aliphatic rings. The number of halogens is 1. The molecule has 0 amide bonds. The molecule has 1 saturated heterocycles. The number of fused-ring (bicyclic) bond motifs is 1. The first kappa shape index (κ1) is 18.5. The van der Waals surface area contributed by atoms with Gasteiger partial charge in [-0.25, -0.2) is 17.7 Å². The number of sulfonamides is 1. The van der Waals surface area contributed by atoms with Gasteiger partial charge in [-0.1, -0.05) is 11.6 Å². The fourth-order valence-electron chi connectivity index (χ4n) is 3.32. The van der Waals surface area contributed by atoms with Crippen molar-refractivity contribution in [1.82, 2.24) is 9.29 Å². The van der Waals surface area contributed by atoms with E-state index in [1.54, 1.807) is 25.6 Å². The summed E-state index contributed by atoms with van der Waals surface area (Å²) in [5, 5.41) is -0.459. The first-order valence-corrected chi connectivity index (χ1v) is 10.7. The number of hydrogen-bond acceptors (Lipinski definition) is 8. The van der Waals surface area contributed by atoms with Crippen LogP contribution in [0.3, 0.4) is 0 Å². The van der Waals surface area contributed by atoms with Crippen molar-refractivity contribution >= 4 is 38.9 Å². The lowest BCUT2D eigenvalue weighted by Crippen LogP contribution is -2.56. The number of aromatic nitrogens is 1. The van der Waals surface area contributed by atoms with Gasteiger partial charge >= 0.3 is 0 Å². The SMILES string of the molecule is COc1cncc(-c2cc(Cl)c([C@]34COCC3S(=O)(=O)N(C)C(N)=N4)s2)c1. The highest BCUT2D eigenvalue weighted by molar-refractivity contribution is 7.90. The largest absolute Gasteiger partial charge is 0.495 e. The molecule has 4 heterocycles. The molecule has 4 rings (SSSR count). The quantitative estimate of drug-likeness (QED) is 0.796. The van der Waals surface area contributed by atoms with E-state index in [9.17, 15) is 8.42 Å². The second kappa shape index (κ2) is 6.33. The zero-order valence-electron chi connectivity index (χ0n) is 14.5. The smallest absolute Gasteiger partial charge is 0.245 e. The van der Waals surface area contributed by atoms with Gasteiger partial charge in [0.1, 0.15) is 16.5 Å². The second-order valence-electron chi connectivity index (χ2n) is 6.31. The van der Waals surface area contributed by atoms with Crippen LogP contribution < -0.4 is 10.5 Å². The predicted molar refractivity (Wildman–Crippen MR) is 104 cm³/mol. The standard InChI is InChI=1S/C16H17ClN4O4S2/c1-21-15(18)20-16(8-25-7-13(16)27(21,22)23)14-11(17)4-12(26-14)9-3-10(24-2)6-19-5-9/h3-6,13H,7-8H2,1-2H3,(H2,18,20)/t13?,16-/m0/s1. The lowest BCUT2D eigenvalue weighted by molar-refractivity contribution is 0.179. The molecule has 2 aromatic rings. The molecular weight excluding hydrogens is 412 g/mol. The maximum absolute atomic E-state index is 12.9. The molecule has 2 N–H and O–H groups in total. The number of hydrogen-bond donors (Lipinski definition) is 1. The summed E-state index contributed by atoms with van der Waals surface area (Å²) in [6.07, 6.45) is 3.30. The van der Waals surface area contributed by atoms with Crippen LogP contribution >= 0.6 is 22.9 Å². The van der Waals surface area contributed by atoms with Gasteiger partial charge in [-0.2, -0.15) is 0 Å². The Morgan fingerprint density at radius 3 is 2.96 bits per heavy atom. The molecule has 2 aromatic heterocycles. The van der Waals surface area contributed by atoms with Crippen molar-refractivity contribution < 1.29 is 17.9 Å². The Bertz CT molecular complexity index is 1040. The van der Waals surface area contributed by atoms with Crippen molar-refractivity contribution in [1.29, 1.82) is 0 Å². The van der Waals surface area contributed by atoms with E-state index < -0.39 is 20.8 Å². The van der Waals surface area contributed by atoms with Crippen molar-refractivity contribution in [2.75, 3.05) is 27.4 Å². The van der Waals surface area contributed by atoms with Crippen LogP contribution in [0.2, 0.25) is 5.02 Å². The lowest BCUT2D eigenvalue weighted by atomic mass is 9.96. The summed E-state index contributed by atoms with van der Waals surface area (Å²) in [5.41, 5.74) is 5.58. The van der Waals surface area contributed by atoms with E-state index in [1.165, 1.54) is 18.4 Å². The normalized spacial score (nSPS) is 26.6. The number of pyridine rings is 1. The summed E-state index contributed by atoms with van der Waals surface area (Å²) in [6.45, 7) is 0.134. The lowest BCUT2D eigenvalue weighted by Gasteiger charge is -2.37. The van der Waals surface area contributed by atoms with Crippen LogP contribution in [0, 0.1) is 0 Å². The number of guanidine groups is 1. The third-order valence-electron chi connectivity index (χ3n) is 4.82. The second-order valence-corrected chi connectivity index (χ2v) is 9.92. The number of methoxy groups -OCH3 is 1. The van der Waals surface area contributed by atoms with Crippen LogP contribution in [0.4, 0.5) is 0 Å². The van der Waals surface area contributed by atoms with Crippen LogP contribution in [0.5, 0.6) is 5.75 Å². The monoisotopic (exact) mass is 428 g/mol. The van der Waals surface area contributed by atoms with Gasteiger partial charge in [0.15, 0.2) is 0 Å². The van der Waals surface area contributed by atoms with Crippen LogP contribution in [0.15, 0.2) is 29.5 Å². The van der Waals surface area contributed by atoms with E-state index in [0.717, 1.165) is 14.7 Å². The summed E-state index contributed by atoms with van der Waals surface area (Å²) in [7, 11) is -0.757. The van der Waals surface area contributed by atoms with Crippen molar-refractivity contribution in [2.24, 2.45) is 10.7 Å². The minimum Gasteiger partial charge on any atom is -0.495 e.